The Morgan fingerprint density at radius 2 is 2.00 bits per heavy atom. The molecule has 0 aromatic rings. The summed E-state index contributed by atoms with van der Waals surface area (Å²) in [5.41, 5.74) is 0. The number of carbonyl (C=O) groups is 1. The summed E-state index contributed by atoms with van der Waals surface area (Å²) in [6.07, 6.45) is 5.61. The number of likely N-dealkylation sites (N-methyl/N-ethyl adjacent to an activating group) is 1. The Morgan fingerprint density at radius 1 is 1.30 bits per heavy atom. The van der Waals surface area contributed by atoms with Crippen LogP contribution in [0.5, 0.6) is 0 Å². The fourth-order valence-corrected chi connectivity index (χ4v) is 2.85. The summed E-state index contributed by atoms with van der Waals surface area (Å²) in [7, 11) is 4.22. The number of amides is 1. The van der Waals surface area contributed by atoms with E-state index in [9.17, 15) is 4.79 Å². The zero-order chi connectivity index (χ0) is 13.0. The second kappa shape index (κ2) is 9.82. The second-order valence-electron chi connectivity index (χ2n) is 6.07. The van der Waals surface area contributed by atoms with E-state index < -0.39 is 0 Å². The minimum Gasteiger partial charge on any atom is -0.355 e. The van der Waals surface area contributed by atoms with E-state index in [4.69, 9.17) is 0 Å². The van der Waals surface area contributed by atoms with Crippen LogP contribution < -0.4 is 10.6 Å². The van der Waals surface area contributed by atoms with Gasteiger partial charge in [-0.05, 0) is 64.7 Å². The molecule has 1 aliphatic carbocycles. The molecule has 0 spiro atoms. The lowest BCUT2D eigenvalue weighted by molar-refractivity contribution is -0.121. The van der Waals surface area contributed by atoms with Gasteiger partial charge >= 0.3 is 0 Å². The molecule has 1 saturated heterocycles. The first kappa shape index (κ1) is 20.0. The first-order valence-electron chi connectivity index (χ1n) is 7.30. The van der Waals surface area contributed by atoms with Gasteiger partial charge in [0.25, 0.3) is 0 Å². The van der Waals surface area contributed by atoms with Gasteiger partial charge in [-0.15, -0.1) is 24.8 Å². The molecule has 6 heteroatoms. The van der Waals surface area contributed by atoms with Crippen molar-refractivity contribution < 1.29 is 4.79 Å². The van der Waals surface area contributed by atoms with Crippen LogP contribution in [0.3, 0.4) is 0 Å². The Hall–Kier alpha value is -0.0300. The van der Waals surface area contributed by atoms with Gasteiger partial charge in [0.2, 0.25) is 5.91 Å². The summed E-state index contributed by atoms with van der Waals surface area (Å²) in [5, 5.41) is 6.45. The van der Waals surface area contributed by atoms with Crippen LogP contribution in [-0.4, -0.2) is 50.6 Å². The fraction of sp³-hybridized carbons (Fsp3) is 0.929. The van der Waals surface area contributed by atoms with Gasteiger partial charge < -0.3 is 15.5 Å². The van der Waals surface area contributed by atoms with Crippen molar-refractivity contribution in [3.05, 3.63) is 0 Å². The maximum Gasteiger partial charge on any atom is 0.220 e. The molecule has 2 atom stereocenters. The fourth-order valence-electron chi connectivity index (χ4n) is 2.85. The Labute approximate surface area is 135 Å². The number of hydrogen-bond donors (Lipinski definition) is 2. The van der Waals surface area contributed by atoms with E-state index in [-0.39, 0.29) is 30.7 Å². The van der Waals surface area contributed by atoms with E-state index in [0.29, 0.717) is 18.4 Å². The summed E-state index contributed by atoms with van der Waals surface area (Å²) in [6, 6.07) is 0.530. The predicted molar refractivity (Wildman–Crippen MR) is 87.9 cm³/mol. The topological polar surface area (TPSA) is 44.4 Å². The Kier molecular flexibility index (Phi) is 9.81. The number of hydrogen-bond acceptors (Lipinski definition) is 3. The van der Waals surface area contributed by atoms with Crippen molar-refractivity contribution in [2.75, 3.05) is 33.7 Å². The molecule has 120 valence electrons. The van der Waals surface area contributed by atoms with E-state index >= 15 is 0 Å². The van der Waals surface area contributed by atoms with E-state index in [0.717, 1.165) is 32.0 Å². The molecule has 2 unspecified atom stereocenters. The largest absolute Gasteiger partial charge is 0.355 e. The van der Waals surface area contributed by atoms with Crippen molar-refractivity contribution >= 4 is 30.7 Å². The van der Waals surface area contributed by atoms with Crippen LogP contribution in [0.25, 0.3) is 0 Å². The third kappa shape index (κ3) is 6.61. The van der Waals surface area contributed by atoms with Gasteiger partial charge in [0, 0.05) is 19.0 Å². The number of carbonyl (C=O) groups excluding carboxylic acids is 1. The van der Waals surface area contributed by atoms with Crippen LogP contribution >= 0.6 is 24.8 Å². The molecule has 2 N–H and O–H groups in total. The number of nitrogens with zero attached hydrogens (tertiary/aromatic N) is 1. The normalized spacial score (nSPS) is 22.9. The number of halogens is 2. The third-order valence-electron chi connectivity index (χ3n) is 4.28. The van der Waals surface area contributed by atoms with Crippen LogP contribution in [0.15, 0.2) is 0 Å². The van der Waals surface area contributed by atoms with Gasteiger partial charge in [-0.1, -0.05) is 0 Å². The monoisotopic (exact) mass is 325 g/mol. The van der Waals surface area contributed by atoms with E-state index in [1.165, 1.54) is 19.3 Å². The summed E-state index contributed by atoms with van der Waals surface area (Å²) in [4.78, 5) is 14.1. The molecule has 1 amide bonds. The van der Waals surface area contributed by atoms with Crippen LogP contribution in [0.1, 0.15) is 32.1 Å². The molecule has 2 rings (SSSR count). The predicted octanol–water partition coefficient (Wildman–Crippen LogP) is 1.68. The number of rotatable bonds is 7. The van der Waals surface area contributed by atoms with Gasteiger partial charge in [-0.25, -0.2) is 0 Å². The van der Waals surface area contributed by atoms with Gasteiger partial charge in [-0.3, -0.25) is 4.79 Å². The SMILES string of the molecule is CN(C)C(CNC(=O)CCC1CCNC1)C1CC1.Cl.Cl. The van der Waals surface area contributed by atoms with E-state index in [1.807, 2.05) is 0 Å². The molecule has 1 saturated carbocycles. The van der Waals surface area contributed by atoms with E-state index in [2.05, 4.69) is 29.6 Å². The quantitative estimate of drug-likeness (QED) is 0.748. The van der Waals surface area contributed by atoms with Crippen LogP contribution in [0.4, 0.5) is 0 Å². The van der Waals surface area contributed by atoms with Crippen LogP contribution in [-0.2, 0) is 4.79 Å². The van der Waals surface area contributed by atoms with Crippen molar-refractivity contribution in [1.29, 1.82) is 0 Å². The Balaban J connectivity index is 0.00000180. The molecule has 0 aromatic carbocycles. The summed E-state index contributed by atoms with van der Waals surface area (Å²) < 4.78 is 0. The standard InChI is InChI=1S/C14H27N3O.2ClH/c1-17(2)13(12-4-5-12)10-16-14(18)6-3-11-7-8-15-9-11;;/h11-13,15H,3-10H2,1-2H3,(H,16,18);2*1H. The smallest absolute Gasteiger partial charge is 0.220 e. The first-order chi connectivity index (χ1) is 8.66. The average Bonchev–Trinajstić information content (AvgIpc) is 3.02. The molecule has 1 aliphatic heterocycles. The minimum absolute atomic E-state index is 0. The highest BCUT2D eigenvalue weighted by atomic mass is 35.5. The van der Waals surface area contributed by atoms with E-state index in [1.54, 1.807) is 0 Å². The third-order valence-corrected chi connectivity index (χ3v) is 4.28. The molecular weight excluding hydrogens is 297 g/mol. The summed E-state index contributed by atoms with van der Waals surface area (Å²) in [5.74, 6) is 1.75. The van der Waals surface area contributed by atoms with Crippen molar-refractivity contribution in [2.24, 2.45) is 11.8 Å². The zero-order valence-corrected chi connectivity index (χ0v) is 14.2. The molecule has 1 heterocycles. The second-order valence-corrected chi connectivity index (χ2v) is 6.07. The van der Waals surface area contributed by atoms with Crippen LogP contribution in [0, 0.1) is 11.8 Å². The zero-order valence-electron chi connectivity index (χ0n) is 12.6. The van der Waals surface area contributed by atoms with Gasteiger partial charge in [0.05, 0.1) is 0 Å². The highest BCUT2D eigenvalue weighted by Crippen LogP contribution is 2.34. The number of nitrogens with one attached hydrogen (secondary N) is 2. The Morgan fingerprint density at radius 3 is 2.50 bits per heavy atom. The van der Waals surface area contributed by atoms with Crippen molar-refractivity contribution in [1.82, 2.24) is 15.5 Å². The van der Waals surface area contributed by atoms with Crippen molar-refractivity contribution in [2.45, 2.75) is 38.1 Å². The lowest BCUT2D eigenvalue weighted by Gasteiger charge is -2.24. The van der Waals surface area contributed by atoms with Gasteiger partial charge in [-0.2, -0.15) is 0 Å². The molecule has 0 bridgehead atoms. The molecule has 0 aromatic heterocycles. The molecule has 4 nitrogen and oxygen atoms in total. The molecule has 2 aliphatic rings. The lowest BCUT2D eigenvalue weighted by Crippen LogP contribution is -2.41. The summed E-state index contributed by atoms with van der Waals surface area (Å²) >= 11 is 0. The first-order valence-corrected chi connectivity index (χ1v) is 7.30. The van der Waals surface area contributed by atoms with Crippen molar-refractivity contribution in [3.63, 3.8) is 0 Å². The highest BCUT2D eigenvalue weighted by Gasteiger charge is 2.32. The Bertz CT molecular complexity index is 278. The maximum absolute atomic E-state index is 11.8. The molecule has 0 radical (unpaired) electrons. The molecule has 2 fully saturated rings. The van der Waals surface area contributed by atoms with Gasteiger partial charge in [0.1, 0.15) is 0 Å². The highest BCUT2D eigenvalue weighted by molar-refractivity contribution is 5.85. The van der Waals surface area contributed by atoms with Gasteiger partial charge in [0.15, 0.2) is 0 Å². The minimum atomic E-state index is 0. The molecule has 20 heavy (non-hydrogen) atoms. The lowest BCUT2D eigenvalue weighted by atomic mass is 10.0. The average molecular weight is 326 g/mol. The van der Waals surface area contributed by atoms with Crippen LogP contribution in [0.2, 0.25) is 0 Å². The maximum atomic E-state index is 11.8. The van der Waals surface area contributed by atoms with Crippen molar-refractivity contribution in [3.8, 4) is 0 Å². The molecular formula is C14H29Cl2N3O. The summed E-state index contributed by atoms with van der Waals surface area (Å²) in [6.45, 7) is 3.03.